The number of halogens is 3. The predicted molar refractivity (Wildman–Crippen MR) is 75.2 cm³/mol. The number of aromatic nitrogens is 1. The van der Waals surface area contributed by atoms with E-state index in [1.165, 1.54) is 19.2 Å². The first-order chi connectivity index (χ1) is 10.7. The Morgan fingerprint density at radius 2 is 1.91 bits per heavy atom. The molecule has 5 nitrogen and oxygen atoms in total. The Kier molecular flexibility index (Phi) is 4.31. The molecule has 1 aromatic heterocycles. The summed E-state index contributed by atoms with van der Waals surface area (Å²) < 4.78 is 46.1. The van der Waals surface area contributed by atoms with Crippen LogP contribution >= 0.6 is 0 Å². The van der Waals surface area contributed by atoms with Crippen LogP contribution in [0.4, 0.5) is 13.2 Å². The maximum atomic E-state index is 12.4. The van der Waals surface area contributed by atoms with E-state index in [0.717, 1.165) is 12.1 Å². The third kappa shape index (κ3) is 3.63. The molecule has 120 valence electrons. The number of nitrogens with one attached hydrogen (secondary N) is 1. The van der Waals surface area contributed by atoms with Crippen LogP contribution in [0.2, 0.25) is 0 Å². The van der Waals surface area contributed by atoms with E-state index in [4.69, 9.17) is 10.00 Å². The monoisotopic (exact) mass is 324 g/mol. The smallest absolute Gasteiger partial charge is 0.496 e. The zero-order chi connectivity index (χ0) is 17.2. The van der Waals surface area contributed by atoms with Crippen molar-refractivity contribution < 1.29 is 22.6 Å². The molecule has 0 radical (unpaired) electrons. The molecule has 0 amide bonds. The van der Waals surface area contributed by atoms with Gasteiger partial charge in [0.2, 0.25) is 0 Å². The van der Waals surface area contributed by atoms with Crippen LogP contribution in [0.5, 0.6) is 11.5 Å². The zero-order valence-corrected chi connectivity index (χ0v) is 12.1. The fourth-order valence-corrected chi connectivity index (χ4v) is 2.11. The molecule has 23 heavy (non-hydrogen) atoms. The Morgan fingerprint density at radius 3 is 2.48 bits per heavy atom. The zero-order valence-electron chi connectivity index (χ0n) is 12.1. The molecular weight excluding hydrogens is 313 g/mol. The highest BCUT2D eigenvalue weighted by Crippen LogP contribution is 2.36. The van der Waals surface area contributed by atoms with E-state index in [0.29, 0.717) is 5.69 Å². The number of hydrogen-bond donors (Lipinski definition) is 1. The number of nitriles is 1. The van der Waals surface area contributed by atoms with Crippen molar-refractivity contribution in [1.82, 2.24) is 4.98 Å². The summed E-state index contributed by atoms with van der Waals surface area (Å²) in [4.78, 5) is 14.3. The highest BCUT2D eigenvalue weighted by molar-refractivity contribution is 5.76. The molecule has 0 unspecified atom stereocenters. The van der Waals surface area contributed by atoms with Crippen molar-refractivity contribution in [3.8, 4) is 28.7 Å². The number of hydrogen-bond acceptors (Lipinski definition) is 4. The van der Waals surface area contributed by atoms with Crippen LogP contribution in [0.1, 0.15) is 11.3 Å². The summed E-state index contributed by atoms with van der Waals surface area (Å²) in [7, 11) is 1.33. The van der Waals surface area contributed by atoms with Gasteiger partial charge in [0.25, 0.3) is 5.56 Å². The van der Waals surface area contributed by atoms with Crippen LogP contribution in [0.3, 0.4) is 0 Å². The summed E-state index contributed by atoms with van der Waals surface area (Å²) in [5.41, 5.74) is -0.0869. The lowest BCUT2D eigenvalue weighted by atomic mass is 10.00. The van der Waals surface area contributed by atoms with Gasteiger partial charge in [-0.05, 0) is 31.2 Å². The van der Waals surface area contributed by atoms with Gasteiger partial charge in [0, 0.05) is 16.8 Å². The molecular formula is C15H11F3N2O3. The van der Waals surface area contributed by atoms with Gasteiger partial charge in [0.15, 0.2) is 0 Å². The van der Waals surface area contributed by atoms with Crippen LogP contribution in [-0.4, -0.2) is 18.5 Å². The normalized spacial score (nSPS) is 11.0. The average molecular weight is 324 g/mol. The molecule has 0 aliphatic carbocycles. The minimum absolute atomic E-state index is 0.153. The summed E-state index contributed by atoms with van der Waals surface area (Å²) in [6, 6.07) is 6.66. The van der Waals surface area contributed by atoms with Gasteiger partial charge >= 0.3 is 6.36 Å². The summed E-state index contributed by atoms with van der Waals surface area (Å²) in [6.45, 7) is 1.59. The second-order valence-corrected chi connectivity index (χ2v) is 4.59. The van der Waals surface area contributed by atoms with E-state index in [1.807, 2.05) is 0 Å². The molecule has 0 aliphatic heterocycles. The van der Waals surface area contributed by atoms with E-state index >= 15 is 0 Å². The van der Waals surface area contributed by atoms with Crippen molar-refractivity contribution in [3.63, 3.8) is 0 Å². The van der Waals surface area contributed by atoms with Gasteiger partial charge in [0.05, 0.1) is 7.11 Å². The third-order valence-corrected chi connectivity index (χ3v) is 2.97. The van der Waals surface area contributed by atoms with Crippen molar-refractivity contribution in [2.75, 3.05) is 7.11 Å². The van der Waals surface area contributed by atoms with Gasteiger partial charge in [0.1, 0.15) is 23.1 Å². The number of aryl methyl sites for hydroxylation is 1. The maximum absolute atomic E-state index is 12.4. The largest absolute Gasteiger partial charge is 0.573 e. The van der Waals surface area contributed by atoms with Crippen molar-refractivity contribution >= 4 is 0 Å². The first-order valence-corrected chi connectivity index (χ1v) is 6.33. The van der Waals surface area contributed by atoms with Gasteiger partial charge in [-0.15, -0.1) is 13.2 Å². The van der Waals surface area contributed by atoms with Gasteiger partial charge in [-0.1, -0.05) is 0 Å². The molecule has 2 aromatic rings. The SMILES string of the molecule is COc1ccc(OC(F)(F)F)cc1-c1cc(C)[nH]c(=O)c1C#N. The molecule has 0 saturated carbocycles. The Labute approximate surface area is 128 Å². The van der Waals surface area contributed by atoms with Crippen molar-refractivity contribution in [2.24, 2.45) is 0 Å². The minimum atomic E-state index is -4.85. The number of nitrogens with zero attached hydrogens (tertiary/aromatic N) is 1. The third-order valence-electron chi connectivity index (χ3n) is 2.97. The number of pyridine rings is 1. The fraction of sp³-hybridized carbons (Fsp3) is 0.200. The van der Waals surface area contributed by atoms with Gasteiger partial charge < -0.3 is 14.5 Å². The molecule has 1 aromatic carbocycles. The van der Waals surface area contributed by atoms with Crippen molar-refractivity contribution in [3.05, 3.63) is 45.9 Å². The van der Waals surface area contributed by atoms with E-state index in [2.05, 4.69) is 9.72 Å². The molecule has 0 fully saturated rings. The van der Waals surface area contributed by atoms with Gasteiger partial charge in [-0.3, -0.25) is 4.79 Å². The molecule has 0 saturated heterocycles. The van der Waals surface area contributed by atoms with Gasteiger partial charge in [-0.25, -0.2) is 0 Å². The Balaban J connectivity index is 2.70. The lowest BCUT2D eigenvalue weighted by Gasteiger charge is -2.14. The highest BCUT2D eigenvalue weighted by Gasteiger charge is 2.31. The first-order valence-electron chi connectivity index (χ1n) is 6.33. The summed E-state index contributed by atoms with van der Waals surface area (Å²) in [5, 5.41) is 9.15. The number of aromatic amines is 1. The van der Waals surface area contributed by atoms with Crippen molar-refractivity contribution in [1.29, 1.82) is 5.26 Å². The van der Waals surface area contributed by atoms with Crippen LogP contribution in [0.25, 0.3) is 11.1 Å². The van der Waals surface area contributed by atoms with Crippen LogP contribution in [0, 0.1) is 18.3 Å². The molecule has 0 bridgehead atoms. The number of alkyl halides is 3. The number of H-pyrrole nitrogens is 1. The maximum Gasteiger partial charge on any atom is 0.573 e. The Morgan fingerprint density at radius 1 is 1.22 bits per heavy atom. The molecule has 0 spiro atoms. The molecule has 0 aliphatic rings. The standard InChI is InChI=1S/C15H11F3N2O3/c1-8-5-10(12(7-19)14(21)20-8)11-6-9(23-15(16,17)18)3-4-13(11)22-2/h3-6H,1-2H3,(H,20,21). The van der Waals surface area contributed by atoms with Crippen molar-refractivity contribution in [2.45, 2.75) is 13.3 Å². The highest BCUT2D eigenvalue weighted by atomic mass is 19.4. The average Bonchev–Trinajstić information content (AvgIpc) is 2.44. The van der Waals surface area contributed by atoms with E-state index in [9.17, 15) is 18.0 Å². The predicted octanol–water partition coefficient (Wildman–Crippen LogP) is 3.13. The number of benzene rings is 1. The van der Waals surface area contributed by atoms with Crippen LogP contribution < -0.4 is 15.0 Å². The Bertz CT molecular complexity index is 835. The number of methoxy groups -OCH3 is 1. The lowest BCUT2D eigenvalue weighted by Crippen LogP contribution is -2.17. The Hall–Kier alpha value is -2.95. The van der Waals surface area contributed by atoms with Crippen LogP contribution in [0.15, 0.2) is 29.1 Å². The lowest BCUT2D eigenvalue weighted by molar-refractivity contribution is -0.274. The van der Waals surface area contributed by atoms with Crippen LogP contribution in [-0.2, 0) is 0 Å². The second-order valence-electron chi connectivity index (χ2n) is 4.59. The first kappa shape index (κ1) is 16.4. The number of ether oxygens (including phenoxy) is 2. The summed E-state index contributed by atoms with van der Waals surface area (Å²) in [5.74, 6) is -0.267. The minimum Gasteiger partial charge on any atom is -0.496 e. The van der Waals surface area contributed by atoms with E-state index < -0.39 is 17.7 Å². The molecule has 1 N–H and O–H groups in total. The molecule has 8 heteroatoms. The second kappa shape index (κ2) is 6.04. The molecule has 2 rings (SSSR count). The van der Waals surface area contributed by atoms with E-state index in [-0.39, 0.29) is 22.4 Å². The topological polar surface area (TPSA) is 75.1 Å². The fourth-order valence-electron chi connectivity index (χ4n) is 2.11. The molecule has 0 atom stereocenters. The summed E-state index contributed by atoms with van der Waals surface area (Å²) >= 11 is 0. The number of rotatable bonds is 3. The van der Waals surface area contributed by atoms with Gasteiger partial charge in [-0.2, -0.15) is 5.26 Å². The quantitative estimate of drug-likeness (QED) is 0.941. The molecule has 1 heterocycles. The summed E-state index contributed by atoms with van der Waals surface area (Å²) in [6.07, 6.45) is -4.85. The van der Waals surface area contributed by atoms with E-state index in [1.54, 1.807) is 13.0 Å².